The molecule has 1 aliphatic rings. The van der Waals surface area contributed by atoms with E-state index < -0.39 is 6.10 Å². The van der Waals surface area contributed by atoms with Crippen molar-refractivity contribution in [2.75, 3.05) is 6.54 Å². The van der Waals surface area contributed by atoms with Gasteiger partial charge in [0.05, 0.1) is 24.3 Å². The summed E-state index contributed by atoms with van der Waals surface area (Å²) in [5.41, 5.74) is 3.26. The van der Waals surface area contributed by atoms with Gasteiger partial charge in [0, 0.05) is 17.3 Å². The van der Waals surface area contributed by atoms with Crippen LogP contribution in [0.4, 0.5) is 4.39 Å². The minimum absolute atomic E-state index is 0.00346. The Morgan fingerprint density at radius 1 is 1.36 bits per heavy atom. The van der Waals surface area contributed by atoms with Crippen LogP contribution in [0.15, 0.2) is 24.3 Å². The van der Waals surface area contributed by atoms with Gasteiger partial charge in [-0.2, -0.15) is 5.10 Å². The molecule has 2 aromatic rings. The summed E-state index contributed by atoms with van der Waals surface area (Å²) in [6.45, 7) is 5.90. The summed E-state index contributed by atoms with van der Waals surface area (Å²) >= 11 is 0. The third-order valence-corrected chi connectivity index (χ3v) is 4.88. The fourth-order valence-corrected chi connectivity index (χ4v) is 3.35. The Kier molecular flexibility index (Phi) is 4.90. The van der Waals surface area contributed by atoms with Crippen LogP contribution in [0.1, 0.15) is 54.3 Å². The van der Waals surface area contributed by atoms with Crippen molar-refractivity contribution in [1.29, 1.82) is 0 Å². The predicted molar refractivity (Wildman–Crippen MR) is 92.6 cm³/mol. The van der Waals surface area contributed by atoms with Gasteiger partial charge in [-0.3, -0.25) is 9.89 Å². The molecule has 1 heterocycles. The highest BCUT2D eigenvalue weighted by Gasteiger charge is 2.37. The molecule has 1 saturated carbocycles. The summed E-state index contributed by atoms with van der Waals surface area (Å²) in [6, 6.07) is 5.94. The number of halogens is 1. The molecule has 1 amide bonds. The Hall–Kier alpha value is -2.21. The van der Waals surface area contributed by atoms with E-state index in [1.165, 1.54) is 12.1 Å². The van der Waals surface area contributed by atoms with Crippen LogP contribution in [0.5, 0.6) is 0 Å². The molecule has 0 saturated heterocycles. The van der Waals surface area contributed by atoms with Gasteiger partial charge in [-0.1, -0.05) is 12.1 Å². The van der Waals surface area contributed by atoms with Crippen LogP contribution in [0.2, 0.25) is 0 Å². The number of hydrogen-bond acceptors (Lipinski definition) is 3. The summed E-state index contributed by atoms with van der Waals surface area (Å²) in [7, 11) is 0. The molecule has 1 fully saturated rings. The van der Waals surface area contributed by atoms with Crippen molar-refractivity contribution in [3.8, 4) is 0 Å². The number of amides is 1. The minimum Gasteiger partial charge on any atom is -0.387 e. The third kappa shape index (κ3) is 3.74. The van der Waals surface area contributed by atoms with Gasteiger partial charge in [-0.25, -0.2) is 4.39 Å². The van der Waals surface area contributed by atoms with E-state index in [1.54, 1.807) is 17.0 Å². The van der Waals surface area contributed by atoms with Gasteiger partial charge in [-0.15, -0.1) is 0 Å². The lowest BCUT2D eigenvalue weighted by Crippen LogP contribution is -2.39. The number of hydrogen-bond donors (Lipinski definition) is 2. The molecular formula is C19H24FN3O2. The molecule has 134 valence electrons. The van der Waals surface area contributed by atoms with E-state index in [2.05, 4.69) is 10.2 Å². The summed E-state index contributed by atoms with van der Waals surface area (Å²) in [4.78, 5) is 14.8. The first kappa shape index (κ1) is 17.6. The molecule has 0 aliphatic heterocycles. The zero-order chi connectivity index (χ0) is 18.1. The third-order valence-electron chi connectivity index (χ3n) is 4.88. The molecular weight excluding hydrogens is 321 g/mol. The second-order valence-corrected chi connectivity index (χ2v) is 6.86. The maximum atomic E-state index is 13.1. The Bertz CT molecular complexity index is 733. The molecule has 25 heavy (non-hydrogen) atoms. The van der Waals surface area contributed by atoms with Gasteiger partial charge >= 0.3 is 0 Å². The number of carbonyl (C=O) groups is 1. The quantitative estimate of drug-likeness (QED) is 0.846. The number of aromatic amines is 1. The minimum atomic E-state index is -0.830. The molecule has 6 heteroatoms. The van der Waals surface area contributed by atoms with Gasteiger partial charge in [0.2, 0.25) is 5.91 Å². The number of H-pyrrole nitrogens is 1. The zero-order valence-corrected chi connectivity index (χ0v) is 14.8. The standard InChI is InChI=1S/C19H24FN3O2/c1-11(18-12(2)21-22-13(18)3)19(25)23(16-8-9-16)10-17(24)14-4-6-15(20)7-5-14/h4-7,11,16-17,24H,8-10H2,1-3H3,(H,21,22)/t11-,17+/m0/s1. The Morgan fingerprint density at radius 2 is 2.00 bits per heavy atom. The SMILES string of the molecule is Cc1n[nH]c(C)c1[C@H](C)C(=O)N(C[C@@H](O)c1ccc(F)cc1)C1CC1. The number of carbonyl (C=O) groups excluding carboxylic acids is 1. The van der Waals surface area contributed by atoms with E-state index in [-0.39, 0.29) is 30.2 Å². The Balaban J connectivity index is 1.76. The number of benzene rings is 1. The van der Waals surface area contributed by atoms with Crippen LogP contribution < -0.4 is 0 Å². The monoisotopic (exact) mass is 345 g/mol. The highest BCUT2D eigenvalue weighted by molar-refractivity contribution is 5.84. The molecule has 3 rings (SSSR count). The normalized spacial score (nSPS) is 16.5. The highest BCUT2D eigenvalue weighted by atomic mass is 19.1. The first-order valence-corrected chi connectivity index (χ1v) is 8.64. The summed E-state index contributed by atoms with van der Waals surface area (Å²) in [5.74, 6) is -0.665. The summed E-state index contributed by atoms with van der Waals surface area (Å²) in [5, 5.41) is 17.6. The van der Waals surface area contributed by atoms with Crippen molar-refractivity contribution >= 4 is 5.91 Å². The Labute approximate surface area is 146 Å². The molecule has 2 atom stereocenters. The maximum Gasteiger partial charge on any atom is 0.230 e. The topological polar surface area (TPSA) is 69.2 Å². The van der Waals surface area contributed by atoms with Gasteiger partial charge in [0.1, 0.15) is 5.82 Å². The lowest BCUT2D eigenvalue weighted by atomic mass is 9.97. The van der Waals surface area contributed by atoms with Crippen LogP contribution >= 0.6 is 0 Å². The van der Waals surface area contributed by atoms with E-state index in [0.717, 1.165) is 29.8 Å². The average Bonchev–Trinajstić information content (AvgIpc) is 3.37. The highest BCUT2D eigenvalue weighted by Crippen LogP contribution is 2.33. The second-order valence-electron chi connectivity index (χ2n) is 6.86. The van der Waals surface area contributed by atoms with Crippen molar-refractivity contribution < 1.29 is 14.3 Å². The predicted octanol–water partition coefficient (Wildman–Crippen LogP) is 2.99. The van der Waals surface area contributed by atoms with Crippen LogP contribution in [-0.4, -0.2) is 38.7 Å². The average molecular weight is 345 g/mol. The molecule has 1 aromatic heterocycles. The second kappa shape index (κ2) is 6.96. The number of rotatable bonds is 6. The number of aryl methyl sites for hydroxylation is 2. The van der Waals surface area contributed by atoms with E-state index in [0.29, 0.717) is 5.56 Å². The summed E-state index contributed by atoms with van der Waals surface area (Å²) < 4.78 is 13.1. The van der Waals surface area contributed by atoms with E-state index in [4.69, 9.17) is 0 Å². The lowest BCUT2D eigenvalue weighted by Gasteiger charge is -2.28. The maximum absolute atomic E-state index is 13.1. The number of nitrogens with zero attached hydrogens (tertiary/aromatic N) is 2. The van der Waals surface area contributed by atoms with Gasteiger partial charge in [0.25, 0.3) is 0 Å². The van der Waals surface area contributed by atoms with Crippen molar-refractivity contribution in [3.05, 3.63) is 52.6 Å². The van der Waals surface area contributed by atoms with Crippen molar-refractivity contribution in [2.24, 2.45) is 0 Å². The van der Waals surface area contributed by atoms with E-state index in [9.17, 15) is 14.3 Å². The molecule has 1 aliphatic carbocycles. The van der Waals surface area contributed by atoms with Gasteiger partial charge < -0.3 is 10.0 Å². The first-order chi connectivity index (χ1) is 11.9. The molecule has 0 unspecified atom stereocenters. The molecule has 0 bridgehead atoms. The van der Waals surface area contributed by atoms with Crippen molar-refractivity contribution in [1.82, 2.24) is 15.1 Å². The van der Waals surface area contributed by atoms with Crippen LogP contribution in [0, 0.1) is 19.7 Å². The lowest BCUT2D eigenvalue weighted by molar-refractivity contribution is -0.134. The smallest absolute Gasteiger partial charge is 0.230 e. The molecule has 5 nitrogen and oxygen atoms in total. The number of aliphatic hydroxyl groups is 1. The molecule has 0 spiro atoms. The molecule has 1 aromatic carbocycles. The van der Waals surface area contributed by atoms with E-state index in [1.807, 2.05) is 20.8 Å². The molecule has 0 radical (unpaired) electrons. The van der Waals surface area contributed by atoms with Crippen molar-refractivity contribution in [2.45, 2.75) is 51.7 Å². The summed E-state index contributed by atoms with van der Waals surface area (Å²) in [6.07, 6.45) is 1.08. The number of aliphatic hydroxyl groups excluding tert-OH is 1. The fraction of sp³-hybridized carbons (Fsp3) is 0.474. The number of nitrogens with one attached hydrogen (secondary N) is 1. The van der Waals surface area contributed by atoms with E-state index >= 15 is 0 Å². The number of aromatic nitrogens is 2. The van der Waals surface area contributed by atoms with Crippen molar-refractivity contribution in [3.63, 3.8) is 0 Å². The van der Waals surface area contributed by atoms with Gasteiger partial charge in [-0.05, 0) is 51.3 Å². The van der Waals surface area contributed by atoms with Gasteiger partial charge in [0.15, 0.2) is 0 Å². The fourth-order valence-electron chi connectivity index (χ4n) is 3.35. The Morgan fingerprint density at radius 3 is 2.52 bits per heavy atom. The van der Waals surface area contributed by atoms with Crippen LogP contribution in [-0.2, 0) is 4.79 Å². The van der Waals surface area contributed by atoms with Crippen LogP contribution in [0.25, 0.3) is 0 Å². The van der Waals surface area contributed by atoms with Crippen LogP contribution in [0.3, 0.4) is 0 Å². The molecule has 2 N–H and O–H groups in total. The largest absolute Gasteiger partial charge is 0.387 e. The first-order valence-electron chi connectivity index (χ1n) is 8.64. The zero-order valence-electron chi connectivity index (χ0n) is 14.8.